The highest BCUT2D eigenvalue weighted by Gasteiger charge is 2.16. The summed E-state index contributed by atoms with van der Waals surface area (Å²) >= 11 is 0. The molecule has 0 saturated carbocycles. The number of nitrogens with zero attached hydrogens (tertiary/aromatic N) is 2. The standard InChI is InChI=1S/C16H23N3/c1-12(2)15-14(18-19(3)16(15)17)11-7-10-13-8-5-4-6-9-13/h4-6,8-9,12H,7,10-11,17H2,1-3H3. The average molecular weight is 257 g/mol. The Labute approximate surface area is 115 Å². The third-order valence-electron chi connectivity index (χ3n) is 3.51. The highest BCUT2D eigenvalue weighted by molar-refractivity contribution is 5.45. The molecule has 0 bridgehead atoms. The van der Waals surface area contributed by atoms with Crippen LogP contribution in [-0.4, -0.2) is 9.78 Å². The molecule has 0 aliphatic rings. The summed E-state index contributed by atoms with van der Waals surface area (Å²) in [6, 6.07) is 10.6. The lowest BCUT2D eigenvalue weighted by atomic mass is 9.99. The van der Waals surface area contributed by atoms with E-state index in [4.69, 9.17) is 5.73 Å². The molecule has 1 aromatic carbocycles. The van der Waals surface area contributed by atoms with Gasteiger partial charge in [-0.2, -0.15) is 5.10 Å². The predicted octanol–water partition coefficient (Wildman–Crippen LogP) is 3.30. The first kappa shape index (κ1) is 13.7. The van der Waals surface area contributed by atoms with Gasteiger partial charge in [-0.05, 0) is 30.7 Å². The Kier molecular flexibility index (Phi) is 4.25. The molecule has 1 heterocycles. The number of aryl methyl sites for hydroxylation is 3. The zero-order valence-corrected chi connectivity index (χ0v) is 12.1. The molecule has 0 amide bonds. The highest BCUT2D eigenvalue weighted by Crippen LogP contribution is 2.26. The van der Waals surface area contributed by atoms with Crippen molar-refractivity contribution in [1.29, 1.82) is 0 Å². The summed E-state index contributed by atoms with van der Waals surface area (Å²) in [6.07, 6.45) is 3.20. The van der Waals surface area contributed by atoms with Crippen LogP contribution in [0.4, 0.5) is 5.82 Å². The van der Waals surface area contributed by atoms with Gasteiger partial charge in [0.25, 0.3) is 0 Å². The van der Waals surface area contributed by atoms with Crippen molar-refractivity contribution in [2.45, 2.75) is 39.0 Å². The van der Waals surface area contributed by atoms with Crippen molar-refractivity contribution in [1.82, 2.24) is 9.78 Å². The minimum atomic E-state index is 0.431. The summed E-state index contributed by atoms with van der Waals surface area (Å²) in [5.74, 6) is 1.24. The lowest BCUT2D eigenvalue weighted by Gasteiger charge is -2.07. The normalized spacial score (nSPS) is 11.2. The molecule has 1 aromatic heterocycles. The highest BCUT2D eigenvalue weighted by atomic mass is 15.3. The van der Waals surface area contributed by atoms with Crippen LogP contribution in [0.5, 0.6) is 0 Å². The summed E-state index contributed by atoms with van der Waals surface area (Å²) in [5.41, 5.74) is 9.85. The Morgan fingerprint density at radius 2 is 1.84 bits per heavy atom. The molecule has 0 fully saturated rings. The first-order valence-corrected chi connectivity index (χ1v) is 6.94. The molecule has 2 N–H and O–H groups in total. The van der Waals surface area contributed by atoms with Crippen LogP contribution in [0.25, 0.3) is 0 Å². The summed E-state index contributed by atoms with van der Waals surface area (Å²) in [7, 11) is 1.92. The number of nitrogen functional groups attached to an aromatic ring is 1. The van der Waals surface area contributed by atoms with E-state index in [0.29, 0.717) is 5.92 Å². The largest absolute Gasteiger partial charge is 0.384 e. The number of nitrogens with two attached hydrogens (primary N) is 1. The van der Waals surface area contributed by atoms with Crippen molar-refractivity contribution < 1.29 is 0 Å². The van der Waals surface area contributed by atoms with Gasteiger partial charge >= 0.3 is 0 Å². The van der Waals surface area contributed by atoms with E-state index in [2.05, 4.69) is 49.3 Å². The van der Waals surface area contributed by atoms with Crippen LogP contribution >= 0.6 is 0 Å². The van der Waals surface area contributed by atoms with Crippen LogP contribution in [0.1, 0.15) is 43.0 Å². The van der Waals surface area contributed by atoms with E-state index >= 15 is 0 Å². The maximum Gasteiger partial charge on any atom is 0.125 e. The lowest BCUT2D eigenvalue weighted by molar-refractivity contribution is 0.721. The van der Waals surface area contributed by atoms with Crippen molar-refractivity contribution in [3.05, 3.63) is 47.2 Å². The zero-order chi connectivity index (χ0) is 13.8. The van der Waals surface area contributed by atoms with Crippen LogP contribution < -0.4 is 5.73 Å². The number of aromatic nitrogens is 2. The molecule has 19 heavy (non-hydrogen) atoms. The number of benzene rings is 1. The van der Waals surface area contributed by atoms with Gasteiger partial charge in [0.1, 0.15) is 5.82 Å². The number of rotatable bonds is 5. The van der Waals surface area contributed by atoms with Gasteiger partial charge in [0.2, 0.25) is 0 Å². The Morgan fingerprint density at radius 1 is 1.16 bits per heavy atom. The summed E-state index contributed by atoms with van der Waals surface area (Å²) in [6.45, 7) is 4.35. The van der Waals surface area contributed by atoms with Crippen LogP contribution in [0.15, 0.2) is 30.3 Å². The van der Waals surface area contributed by atoms with E-state index < -0.39 is 0 Å². The maximum absolute atomic E-state index is 6.09. The third kappa shape index (κ3) is 3.16. The maximum atomic E-state index is 6.09. The van der Waals surface area contributed by atoms with Crippen LogP contribution in [0.2, 0.25) is 0 Å². The predicted molar refractivity (Wildman–Crippen MR) is 80.2 cm³/mol. The van der Waals surface area contributed by atoms with Gasteiger partial charge in [0, 0.05) is 12.6 Å². The topological polar surface area (TPSA) is 43.8 Å². The van der Waals surface area contributed by atoms with Crippen LogP contribution in [-0.2, 0) is 19.9 Å². The van der Waals surface area contributed by atoms with E-state index in [1.165, 1.54) is 11.1 Å². The van der Waals surface area contributed by atoms with Gasteiger partial charge in [-0.1, -0.05) is 44.2 Å². The molecule has 3 heteroatoms. The van der Waals surface area contributed by atoms with E-state index in [0.717, 1.165) is 30.8 Å². The van der Waals surface area contributed by atoms with Gasteiger partial charge in [0.05, 0.1) is 5.69 Å². The van der Waals surface area contributed by atoms with Crippen molar-refractivity contribution in [2.75, 3.05) is 5.73 Å². The minimum absolute atomic E-state index is 0.431. The molecule has 0 saturated heterocycles. The number of hydrogen-bond donors (Lipinski definition) is 1. The van der Waals surface area contributed by atoms with Gasteiger partial charge < -0.3 is 5.73 Å². The molecule has 0 spiro atoms. The molecule has 2 aromatic rings. The quantitative estimate of drug-likeness (QED) is 0.893. The van der Waals surface area contributed by atoms with Crippen molar-refractivity contribution in [2.24, 2.45) is 7.05 Å². The Hall–Kier alpha value is -1.77. The molecular weight excluding hydrogens is 234 g/mol. The lowest BCUT2D eigenvalue weighted by Crippen LogP contribution is -2.00. The van der Waals surface area contributed by atoms with Crippen LogP contribution in [0.3, 0.4) is 0 Å². The number of anilines is 1. The Morgan fingerprint density at radius 3 is 2.47 bits per heavy atom. The molecule has 0 atom stereocenters. The van der Waals surface area contributed by atoms with Gasteiger partial charge in [-0.25, -0.2) is 0 Å². The molecular formula is C16H23N3. The monoisotopic (exact) mass is 257 g/mol. The van der Waals surface area contributed by atoms with Crippen molar-refractivity contribution in [3.8, 4) is 0 Å². The molecule has 0 unspecified atom stereocenters. The summed E-state index contributed by atoms with van der Waals surface area (Å²) in [5, 5.41) is 4.55. The zero-order valence-electron chi connectivity index (χ0n) is 12.1. The summed E-state index contributed by atoms with van der Waals surface area (Å²) < 4.78 is 1.80. The second-order valence-electron chi connectivity index (χ2n) is 5.36. The third-order valence-corrected chi connectivity index (χ3v) is 3.51. The van der Waals surface area contributed by atoms with Crippen LogP contribution in [0, 0.1) is 0 Å². The smallest absolute Gasteiger partial charge is 0.125 e. The Balaban J connectivity index is 2.02. The second-order valence-corrected chi connectivity index (χ2v) is 5.36. The van der Waals surface area contributed by atoms with E-state index in [-0.39, 0.29) is 0 Å². The molecule has 3 nitrogen and oxygen atoms in total. The molecule has 0 radical (unpaired) electrons. The molecule has 102 valence electrons. The van der Waals surface area contributed by atoms with Gasteiger partial charge in [0.15, 0.2) is 0 Å². The van der Waals surface area contributed by atoms with E-state index in [1.54, 1.807) is 4.68 Å². The second kappa shape index (κ2) is 5.91. The first-order valence-electron chi connectivity index (χ1n) is 6.94. The molecule has 0 aliphatic carbocycles. The first-order chi connectivity index (χ1) is 9.09. The summed E-state index contributed by atoms with van der Waals surface area (Å²) in [4.78, 5) is 0. The number of hydrogen-bond acceptors (Lipinski definition) is 2. The fraction of sp³-hybridized carbons (Fsp3) is 0.438. The van der Waals surface area contributed by atoms with E-state index in [9.17, 15) is 0 Å². The average Bonchev–Trinajstić information content (AvgIpc) is 2.66. The van der Waals surface area contributed by atoms with E-state index in [1.807, 2.05) is 7.05 Å². The van der Waals surface area contributed by atoms with Crippen molar-refractivity contribution >= 4 is 5.82 Å². The fourth-order valence-electron chi connectivity index (χ4n) is 2.53. The minimum Gasteiger partial charge on any atom is -0.384 e. The molecule has 2 rings (SSSR count). The van der Waals surface area contributed by atoms with Crippen molar-refractivity contribution in [3.63, 3.8) is 0 Å². The SMILES string of the molecule is CC(C)c1c(CCCc2ccccc2)nn(C)c1N. The molecule has 0 aliphatic heterocycles. The van der Waals surface area contributed by atoms with Gasteiger partial charge in [-0.15, -0.1) is 0 Å². The van der Waals surface area contributed by atoms with Gasteiger partial charge in [-0.3, -0.25) is 4.68 Å². The Bertz CT molecular complexity index is 526. The fourth-order valence-corrected chi connectivity index (χ4v) is 2.53.